The Bertz CT molecular complexity index is 542. The number of aliphatic carboxylic acids is 1. The number of hydrogen-bond donors (Lipinski definition) is 2. The summed E-state index contributed by atoms with van der Waals surface area (Å²) in [4.78, 5) is 23.7. The quantitative estimate of drug-likeness (QED) is 0.874. The van der Waals surface area contributed by atoms with E-state index in [9.17, 15) is 14.7 Å². The maximum absolute atomic E-state index is 12.5. The molecule has 116 valence electrons. The maximum Gasteiger partial charge on any atom is 0.331 e. The van der Waals surface area contributed by atoms with Gasteiger partial charge in [0.05, 0.1) is 11.9 Å². The van der Waals surface area contributed by atoms with Gasteiger partial charge in [-0.2, -0.15) is 5.10 Å². The van der Waals surface area contributed by atoms with Crippen molar-refractivity contribution in [3.63, 3.8) is 0 Å². The standard InChI is InChI=1S/C15H23N3O3/c1-4-15(7-5-6-8-15)12(19)17-11-9-16-18(10-11)14(2,3)13(20)21/h9-10H,4-8H2,1-3H3,(H,17,19)(H,20,21). The number of rotatable bonds is 5. The van der Waals surface area contributed by atoms with Crippen molar-refractivity contribution >= 4 is 17.6 Å². The van der Waals surface area contributed by atoms with E-state index in [1.54, 1.807) is 20.0 Å². The molecular weight excluding hydrogens is 270 g/mol. The van der Waals surface area contributed by atoms with Crippen LogP contribution in [-0.2, 0) is 15.1 Å². The second kappa shape index (κ2) is 5.50. The lowest BCUT2D eigenvalue weighted by Crippen LogP contribution is -2.36. The SMILES string of the molecule is CCC1(C(=O)Nc2cnn(C(C)(C)C(=O)O)c2)CCCC1. The second-order valence-corrected chi connectivity index (χ2v) is 6.33. The van der Waals surface area contributed by atoms with Crippen molar-refractivity contribution < 1.29 is 14.7 Å². The zero-order chi connectivity index (χ0) is 15.7. The predicted molar refractivity (Wildman–Crippen MR) is 79.0 cm³/mol. The van der Waals surface area contributed by atoms with Gasteiger partial charge in [0, 0.05) is 11.6 Å². The van der Waals surface area contributed by atoms with Crippen LogP contribution in [0.5, 0.6) is 0 Å². The lowest BCUT2D eigenvalue weighted by Gasteiger charge is -2.25. The molecule has 1 saturated carbocycles. The zero-order valence-electron chi connectivity index (χ0n) is 12.8. The molecule has 6 heteroatoms. The third-order valence-corrected chi connectivity index (χ3v) is 4.66. The summed E-state index contributed by atoms with van der Waals surface area (Å²) >= 11 is 0. The van der Waals surface area contributed by atoms with Crippen molar-refractivity contribution in [1.82, 2.24) is 9.78 Å². The van der Waals surface area contributed by atoms with Crippen LogP contribution in [0.2, 0.25) is 0 Å². The van der Waals surface area contributed by atoms with E-state index in [1.807, 2.05) is 6.92 Å². The van der Waals surface area contributed by atoms with Crippen LogP contribution in [0.4, 0.5) is 5.69 Å². The van der Waals surface area contributed by atoms with Crippen LogP contribution < -0.4 is 5.32 Å². The molecule has 1 aliphatic carbocycles. The molecule has 0 aromatic carbocycles. The van der Waals surface area contributed by atoms with Gasteiger partial charge in [0.2, 0.25) is 5.91 Å². The lowest BCUT2D eigenvalue weighted by atomic mass is 9.82. The van der Waals surface area contributed by atoms with Crippen LogP contribution in [0.1, 0.15) is 52.9 Å². The molecule has 1 aromatic rings. The van der Waals surface area contributed by atoms with Gasteiger partial charge in [-0.1, -0.05) is 19.8 Å². The van der Waals surface area contributed by atoms with E-state index in [0.717, 1.165) is 32.1 Å². The largest absolute Gasteiger partial charge is 0.479 e. The monoisotopic (exact) mass is 293 g/mol. The van der Waals surface area contributed by atoms with E-state index >= 15 is 0 Å². The van der Waals surface area contributed by atoms with Gasteiger partial charge in [0.1, 0.15) is 0 Å². The summed E-state index contributed by atoms with van der Waals surface area (Å²) in [6.07, 6.45) is 7.92. The van der Waals surface area contributed by atoms with Crippen molar-refractivity contribution in [2.24, 2.45) is 5.41 Å². The van der Waals surface area contributed by atoms with Crippen LogP contribution >= 0.6 is 0 Å². The van der Waals surface area contributed by atoms with Crippen LogP contribution in [0.3, 0.4) is 0 Å². The summed E-state index contributed by atoms with van der Waals surface area (Å²) in [6.45, 7) is 5.18. The smallest absolute Gasteiger partial charge is 0.331 e. The van der Waals surface area contributed by atoms with Gasteiger partial charge in [-0.15, -0.1) is 0 Å². The summed E-state index contributed by atoms with van der Waals surface area (Å²) in [5, 5.41) is 16.1. The molecule has 1 aliphatic rings. The van der Waals surface area contributed by atoms with E-state index in [4.69, 9.17) is 0 Å². The van der Waals surface area contributed by atoms with Crippen molar-refractivity contribution in [1.29, 1.82) is 0 Å². The molecule has 21 heavy (non-hydrogen) atoms. The predicted octanol–water partition coefficient (Wildman–Crippen LogP) is 2.61. The highest BCUT2D eigenvalue weighted by Gasteiger charge is 2.39. The number of nitrogens with zero attached hydrogens (tertiary/aromatic N) is 2. The Morgan fingerprint density at radius 1 is 1.43 bits per heavy atom. The van der Waals surface area contributed by atoms with E-state index < -0.39 is 11.5 Å². The number of anilines is 1. The minimum absolute atomic E-state index is 0.0233. The topological polar surface area (TPSA) is 84.2 Å². The number of carboxylic acid groups (broad SMARTS) is 1. The molecule has 1 aromatic heterocycles. The molecule has 0 saturated heterocycles. The maximum atomic E-state index is 12.5. The van der Waals surface area contributed by atoms with Crippen molar-refractivity contribution in [3.8, 4) is 0 Å². The fraction of sp³-hybridized carbons (Fsp3) is 0.667. The third-order valence-electron chi connectivity index (χ3n) is 4.66. The highest BCUT2D eigenvalue weighted by molar-refractivity contribution is 5.95. The first-order valence-electron chi connectivity index (χ1n) is 7.42. The molecule has 0 aliphatic heterocycles. The number of carbonyl (C=O) groups is 2. The molecule has 0 radical (unpaired) electrons. The van der Waals surface area contributed by atoms with Crippen LogP contribution in [-0.4, -0.2) is 26.8 Å². The van der Waals surface area contributed by atoms with E-state index in [0.29, 0.717) is 5.69 Å². The zero-order valence-corrected chi connectivity index (χ0v) is 12.8. The summed E-state index contributed by atoms with van der Waals surface area (Å²) < 4.78 is 1.36. The molecule has 1 fully saturated rings. The van der Waals surface area contributed by atoms with Gasteiger partial charge in [0.15, 0.2) is 5.54 Å². The summed E-state index contributed by atoms with van der Waals surface area (Å²) in [5.41, 5.74) is -0.863. The summed E-state index contributed by atoms with van der Waals surface area (Å²) in [6, 6.07) is 0. The minimum atomic E-state index is -1.14. The third kappa shape index (κ3) is 2.80. The van der Waals surface area contributed by atoms with Crippen molar-refractivity contribution in [3.05, 3.63) is 12.4 Å². The Hall–Kier alpha value is -1.85. The van der Waals surface area contributed by atoms with Crippen molar-refractivity contribution in [2.75, 3.05) is 5.32 Å². The summed E-state index contributed by atoms with van der Waals surface area (Å²) in [5.74, 6) is -0.945. The number of carbonyl (C=O) groups excluding carboxylic acids is 1. The molecule has 1 amide bonds. The molecule has 0 spiro atoms. The fourth-order valence-corrected chi connectivity index (χ4v) is 2.85. The van der Waals surface area contributed by atoms with Gasteiger partial charge in [-0.05, 0) is 33.1 Å². The van der Waals surface area contributed by atoms with Crippen LogP contribution in [0, 0.1) is 5.41 Å². The Morgan fingerprint density at radius 2 is 2.05 bits per heavy atom. The highest BCUT2D eigenvalue weighted by atomic mass is 16.4. The van der Waals surface area contributed by atoms with Gasteiger partial charge in [-0.25, -0.2) is 4.79 Å². The molecule has 0 bridgehead atoms. The molecular formula is C15H23N3O3. The Labute approximate surface area is 124 Å². The highest BCUT2D eigenvalue weighted by Crippen LogP contribution is 2.41. The number of aromatic nitrogens is 2. The van der Waals surface area contributed by atoms with Crippen LogP contribution in [0.15, 0.2) is 12.4 Å². The van der Waals surface area contributed by atoms with E-state index in [-0.39, 0.29) is 11.3 Å². The van der Waals surface area contributed by atoms with Crippen LogP contribution in [0.25, 0.3) is 0 Å². The first-order valence-corrected chi connectivity index (χ1v) is 7.42. The molecule has 2 rings (SSSR count). The lowest BCUT2D eigenvalue weighted by molar-refractivity contribution is -0.146. The fourth-order valence-electron chi connectivity index (χ4n) is 2.85. The number of hydrogen-bond acceptors (Lipinski definition) is 3. The summed E-state index contributed by atoms with van der Waals surface area (Å²) in [7, 11) is 0. The molecule has 0 unspecified atom stereocenters. The average Bonchev–Trinajstić information content (AvgIpc) is 3.07. The van der Waals surface area contributed by atoms with Gasteiger partial charge in [-0.3, -0.25) is 9.48 Å². The van der Waals surface area contributed by atoms with Crippen molar-refractivity contribution in [2.45, 2.75) is 58.4 Å². The van der Waals surface area contributed by atoms with Gasteiger partial charge in [0.25, 0.3) is 0 Å². The minimum Gasteiger partial charge on any atom is -0.479 e. The second-order valence-electron chi connectivity index (χ2n) is 6.33. The average molecular weight is 293 g/mol. The normalized spacial score (nSPS) is 17.7. The Morgan fingerprint density at radius 3 is 2.57 bits per heavy atom. The molecule has 2 N–H and O–H groups in total. The first kappa shape index (κ1) is 15.5. The van der Waals surface area contributed by atoms with E-state index in [1.165, 1.54) is 10.9 Å². The number of amides is 1. The first-order chi connectivity index (χ1) is 9.82. The van der Waals surface area contributed by atoms with E-state index in [2.05, 4.69) is 10.4 Å². The Balaban J connectivity index is 2.13. The molecule has 0 atom stereocenters. The molecule has 1 heterocycles. The van der Waals surface area contributed by atoms with Gasteiger partial charge < -0.3 is 10.4 Å². The number of nitrogens with one attached hydrogen (secondary N) is 1. The Kier molecular flexibility index (Phi) is 4.07. The molecule has 6 nitrogen and oxygen atoms in total. The number of carboxylic acids is 1. The van der Waals surface area contributed by atoms with Gasteiger partial charge >= 0.3 is 5.97 Å².